The zero-order valence-electron chi connectivity index (χ0n) is 15.1. The summed E-state index contributed by atoms with van der Waals surface area (Å²) in [4.78, 5) is 24.4. The molecule has 2 aromatic rings. The van der Waals surface area contributed by atoms with Crippen molar-refractivity contribution < 1.29 is 14.3 Å². The Morgan fingerprint density at radius 2 is 1.69 bits per heavy atom. The Morgan fingerprint density at radius 1 is 1.04 bits per heavy atom. The average Bonchev–Trinajstić information content (AvgIpc) is 2.61. The molecule has 138 valence electrons. The lowest BCUT2D eigenvalue weighted by atomic mass is 10.1. The number of aryl methyl sites for hydroxylation is 1. The number of carbonyl (C=O) groups is 2. The van der Waals surface area contributed by atoms with Gasteiger partial charge in [-0.15, -0.1) is 0 Å². The van der Waals surface area contributed by atoms with Gasteiger partial charge in [-0.1, -0.05) is 41.9 Å². The second-order valence-corrected chi connectivity index (χ2v) is 7.29. The van der Waals surface area contributed by atoms with Crippen LogP contribution in [0.25, 0.3) is 0 Å². The van der Waals surface area contributed by atoms with E-state index >= 15 is 0 Å². The van der Waals surface area contributed by atoms with Gasteiger partial charge in [0.2, 0.25) is 0 Å². The normalized spacial score (nSPS) is 10.5. The minimum Gasteiger partial charge on any atom is -0.494 e. The molecule has 0 saturated carbocycles. The number of amides is 2. The number of rotatable bonds is 6. The van der Waals surface area contributed by atoms with Crippen LogP contribution < -0.4 is 15.6 Å². The summed E-state index contributed by atoms with van der Waals surface area (Å²) < 4.78 is 6.49. The number of hydrogen-bond donors (Lipinski definition) is 2. The Hall–Kier alpha value is -2.34. The fourth-order valence-electron chi connectivity index (χ4n) is 2.13. The predicted octanol–water partition coefficient (Wildman–Crippen LogP) is 4.26. The third-order valence-corrected chi connectivity index (χ3v) is 4.64. The standard InChI is InChI=1S/C20H23BrN2O3/c1-13(2)9-10-26-17-6-4-5-15(11-17)19(24)22-23-20(25)16-8-7-14(3)18(21)12-16/h4-8,11-13H,9-10H2,1-3H3,(H,22,24)(H,23,25). The monoisotopic (exact) mass is 418 g/mol. The van der Waals surface area contributed by atoms with Gasteiger partial charge in [-0.25, -0.2) is 0 Å². The van der Waals surface area contributed by atoms with Gasteiger partial charge in [-0.05, 0) is 55.2 Å². The summed E-state index contributed by atoms with van der Waals surface area (Å²) in [6.45, 7) is 6.79. The molecule has 0 fully saturated rings. The van der Waals surface area contributed by atoms with Crippen LogP contribution in [0, 0.1) is 12.8 Å². The molecule has 2 rings (SSSR count). The molecule has 26 heavy (non-hydrogen) atoms. The number of halogens is 1. The topological polar surface area (TPSA) is 67.4 Å². The lowest BCUT2D eigenvalue weighted by molar-refractivity contribution is 0.0846. The molecule has 0 spiro atoms. The second-order valence-electron chi connectivity index (χ2n) is 6.43. The van der Waals surface area contributed by atoms with Crippen molar-refractivity contribution in [3.05, 3.63) is 63.6 Å². The first-order valence-electron chi connectivity index (χ1n) is 8.46. The fourth-order valence-corrected chi connectivity index (χ4v) is 2.51. The molecule has 0 radical (unpaired) electrons. The lowest BCUT2D eigenvalue weighted by Gasteiger charge is -2.11. The van der Waals surface area contributed by atoms with Crippen molar-refractivity contribution >= 4 is 27.7 Å². The van der Waals surface area contributed by atoms with Crippen LogP contribution in [0.15, 0.2) is 46.9 Å². The number of ether oxygens (including phenoxy) is 1. The molecule has 0 aliphatic heterocycles. The van der Waals surface area contributed by atoms with Gasteiger partial charge in [0.05, 0.1) is 6.61 Å². The number of hydrazine groups is 1. The van der Waals surface area contributed by atoms with Gasteiger partial charge in [-0.2, -0.15) is 0 Å². The maximum atomic E-state index is 12.2. The van der Waals surface area contributed by atoms with Crippen molar-refractivity contribution in [3.8, 4) is 5.75 Å². The Kier molecular flexibility index (Phi) is 7.21. The first kappa shape index (κ1) is 20.0. The molecule has 2 amide bonds. The first-order chi connectivity index (χ1) is 12.4. The van der Waals surface area contributed by atoms with E-state index in [4.69, 9.17) is 4.74 Å². The summed E-state index contributed by atoms with van der Waals surface area (Å²) in [5.41, 5.74) is 6.74. The lowest BCUT2D eigenvalue weighted by Crippen LogP contribution is -2.41. The van der Waals surface area contributed by atoms with E-state index in [9.17, 15) is 9.59 Å². The molecule has 0 aromatic heterocycles. The Bertz CT molecular complexity index is 790. The highest BCUT2D eigenvalue weighted by Gasteiger charge is 2.11. The quantitative estimate of drug-likeness (QED) is 0.688. The van der Waals surface area contributed by atoms with Crippen LogP contribution >= 0.6 is 15.9 Å². The van der Waals surface area contributed by atoms with E-state index < -0.39 is 5.91 Å². The van der Waals surface area contributed by atoms with Crippen molar-refractivity contribution in [2.75, 3.05) is 6.61 Å². The van der Waals surface area contributed by atoms with Crippen LogP contribution in [-0.4, -0.2) is 18.4 Å². The van der Waals surface area contributed by atoms with Crippen molar-refractivity contribution in [1.82, 2.24) is 10.9 Å². The van der Waals surface area contributed by atoms with Gasteiger partial charge in [0.25, 0.3) is 11.8 Å². The van der Waals surface area contributed by atoms with E-state index in [1.54, 1.807) is 36.4 Å². The van der Waals surface area contributed by atoms with E-state index in [0.29, 0.717) is 29.4 Å². The van der Waals surface area contributed by atoms with E-state index in [-0.39, 0.29) is 5.91 Å². The van der Waals surface area contributed by atoms with Gasteiger partial charge in [-0.3, -0.25) is 20.4 Å². The highest BCUT2D eigenvalue weighted by atomic mass is 79.9. The molecule has 0 bridgehead atoms. The summed E-state index contributed by atoms with van der Waals surface area (Å²) in [6.07, 6.45) is 0.943. The summed E-state index contributed by atoms with van der Waals surface area (Å²) in [6, 6.07) is 12.1. The van der Waals surface area contributed by atoms with E-state index in [0.717, 1.165) is 16.5 Å². The van der Waals surface area contributed by atoms with Crippen LogP contribution in [0.5, 0.6) is 5.75 Å². The van der Waals surface area contributed by atoms with E-state index in [1.165, 1.54) is 0 Å². The molecule has 0 unspecified atom stereocenters. The molecular formula is C20H23BrN2O3. The molecule has 5 nitrogen and oxygen atoms in total. The first-order valence-corrected chi connectivity index (χ1v) is 9.26. The number of carbonyl (C=O) groups excluding carboxylic acids is 2. The van der Waals surface area contributed by atoms with Crippen molar-refractivity contribution in [1.29, 1.82) is 0 Å². The zero-order valence-corrected chi connectivity index (χ0v) is 16.7. The molecule has 0 aliphatic carbocycles. The van der Waals surface area contributed by atoms with Crippen molar-refractivity contribution in [3.63, 3.8) is 0 Å². The van der Waals surface area contributed by atoms with Gasteiger partial charge >= 0.3 is 0 Å². The number of benzene rings is 2. The second kappa shape index (κ2) is 9.38. The smallest absolute Gasteiger partial charge is 0.269 e. The SMILES string of the molecule is Cc1ccc(C(=O)NNC(=O)c2cccc(OCCC(C)C)c2)cc1Br. The van der Waals surface area contributed by atoms with Gasteiger partial charge in [0.1, 0.15) is 5.75 Å². The molecule has 2 N–H and O–H groups in total. The zero-order chi connectivity index (χ0) is 19.1. The number of nitrogens with one attached hydrogen (secondary N) is 2. The third-order valence-electron chi connectivity index (χ3n) is 3.78. The largest absolute Gasteiger partial charge is 0.494 e. The predicted molar refractivity (Wildman–Crippen MR) is 105 cm³/mol. The highest BCUT2D eigenvalue weighted by Crippen LogP contribution is 2.17. The van der Waals surface area contributed by atoms with E-state index in [1.807, 2.05) is 13.0 Å². The summed E-state index contributed by atoms with van der Waals surface area (Å²) in [5.74, 6) is 0.396. The maximum Gasteiger partial charge on any atom is 0.269 e. The van der Waals surface area contributed by atoms with Crippen LogP contribution in [-0.2, 0) is 0 Å². The van der Waals surface area contributed by atoms with Crippen LogP contribution in [0.1, 0.15) is 46.5 Å². The Balaban J connectivity index is 1.92. The fraction of sp³-hybridized carbons (Fsp3) is 0.300. The third kappa shape index (κ3) is 5.88. The minimum absolute atomic E-state index is 0.386. The molecular weight excluding hydrogens is 396 g/mol. The summed E-state index contributed by atoms with van der Waals surface area (Å²) in [7, 11) is 0. The van der Waals surface area contributed by atoms with Crippen molar-refractivity contribution in [2.24, 2.45) is 5.92 Å². The van der Waals surface area contributed by atoms with Crippen molar-refractivity contribution in [2.45, 2.75) is 27.2 Å². The Labute approximate surface area is 162 Å². The van der Waals surface area contributed by atoms with Gasteiger partial charge in [0.15, 0.2) is 0 Å². The van der Waals surface area contributed by atoms with E-state index in [2.05, 4.69) is 40.6 Å². The van der Waals surface area contributed by atoms with Gasteiger partial charge < -0.3 is 4.74 Å². The molecule has 0 heterocycles. The van der Waals surface area contributed by atoms with Crippen LogP contribution in [0.3, 0.4) is 0 Å². The Morgan fingerprint density at radius 3 is 2.31 bits per heavy atom. The molecule has 2 aromatic carbocycles. The highest BCUT2D eigenvalue weighted by molar-refractivity contribution is 9.10. The molecule has 0 saturated heterocycles. The molecule has 0 atom stereocenters. The molecule has 0 aliphatic rings. The summed E-state index contributed by atoms with van der Waals surface area (Å²) >= 11 is 3.39. The van der Waals surface area contributed by atoms with Crippen LogP contribution in [0.4, 0.5) is 0 Å². The van der Waals surface area contributed by atoms with Crippen LogP contribution in [0.2, 0.25) is 0 Å². The summed E-state index contributed by atoms with van der Waals surface area (Å²) in [5, 5.41) is 0. The average molecular weight is 419 g/mol. The van der Waals surface area contributed by atoms with Gasteiger partial charge in [0, 0.05) is 15.6 Å². The number of hydrogen-bond acceptors (Lipinski definition) is 3. The minimum atomic E-state index is -0.404. The maximum absolute atomic E-state index is 12.2. The molecule has 6 heteroatoms.